The molecule has 6 nitrogen and oxygen atoms in total. The van der Waals surface area contributed by atoms with Crippen LogP contribution in [-0.2, 0) is 0 Å². The summed E-state index contributed by atoms with van der Waals surface area (Å²) in [6.45, 7) is 1.53. The Bertz CT molecular complexity index is 1020. The molecule has 2 aromatic heterocycles. The van der Waals surface area contributed by atoms with Crippen molar-refractivity contribution in [1.82, 2.24) is 19.7 Å². The molecule has 1 aliphatic carbocycles. The molecule has 1 saturated heterocycles. The normalized spacial score (nSPS) is 16.9. The van der Waals surface area contributed by atoms with Crippen LogP contribution in [0.15, 0.2) is 36.7 Å². The second kappa shape index (κ2) is 6.33. The van der Waals surface area contributed by atoms with Crippen molar-refractivity contribution in [3.63, 3.8) is 0 Å². The smallest absolute Gasteiger partial charge is 0.321 e. The molecule has 1 aliphatic heterocycles. The van der Waals surface area contributed by atoms with E-state index in [1.54, 1.807) is 23.2 Å². The Hall–Kier alpha value is -2.96. The third-order valence-corrected chi connectivity index (χ3v) is 5.54. The van der Waals surface area contributed by atoms with Gasteiger partial charge in [-0.15, -0.1) is 5.10 Å². The second-order valence-corrected chi connectivity index (χ2v) is 7.32. The molecule has 2 aliphatic rings. The van der Waals surface area contributed by atoms with Crippen molar-refractivity contribution in [3.05, 3.63) is 48.0 Å². The highest BCUT2D eigenvalue weighted by Gasteiger charge is 2.22. The first-order valence-corrected chi connectivity index (χ1v) is 9.38. The number of nitrogens with one attached hydrogen (secondary N) is 1. The highest BCUT2D eigenvalue weighted by atomic mass is 19.1. The number of aromatic nitrogens is 3. The molecular weight excluding hydrogens is 345 g/mol. The van der Waals surface area contributed by atoms with Gasteiger partial charge in [-0.1, -0.05) is 6.42 Å². The SMILES string of the molecule is O=C(Nc1ccc(F)c(-n2cc3cc(C4CCC4)cnc3n2)c1)N1CCC1. The van der Waals surface area contributed by atoms with Gasteiger partial charge in [-0.25, -0.2) is 18.9 Å². The number of urea groups is 1. The minimum absolute atomic E-state index is 0.156. The zero-order valence-electron chi connectivity index (χ0n) is 14.9. The van der Waals surface area contributed by atoms with Crippen LogP contribution in [0.5, 0.6) is 0 Å². The van der Waals surface area contributed by atoms with E-state index in [-0.39, 0.29) is 6.03 Å². The monoisotopic (exact) mass is 365 g/mol. The number of hydrogen-bond donors (Lipinski definition) is 1. The van der Waals surface area contributed by atoms with Gasteiger partial charge in [-0.3, -0.25) is 0 Å². The summed E-state index contributed by atoms with van der Waals surface area (Å²) in [5, 5.41) is 8.13. The summed E-state index contributed by atoms with van der Waals surface area (Å²) in [6.07, 6.45) is 8.37. The summed E-state index contributed by atoms with van der Waals surface area (Å²) in [5.74, 6) is 0.186. The van der Waals surface area contributed by atoms with Gasteiger partial charge >= 0.3 is 6.03 Å². The lowest BCUT2D eigenvalue weighted by Gasteiger charge is -2.30. The van der Waals surface area contributed by atoms with Crippen LogP contribution in [0, 0.1) is 5.82 Å². The Morgan fingerprint density at radius 1 is 1.19 bits per heavy atom. The number of hydrogen-bond acceptors (Lipinski definition) is 3. The van der Waals surface area contributed by atoms with E-state index in [0.717, 1.165) is 24.9 Å². The molecule has 7 heteroatoms. The van der Waals surface area contributed by atoms with Crippen molar-refractivity contribution < 1.29 is 9.18 Å². The zero-order chi connectivity index (χ0) is 18.4. The molecule has 1 aromatic carbocycles. The minimum atomic E-state index is -0.399. The number of fused-ring (bicyclic) bond motifs is 1. The van der Waals surface area contributed by atoms with E-state index in [1.165, 1.54) is 35.6 Å². The number of rotatable bonds is 3. The largest absolute Gasteiger partial charge is 0.324 e. The van der Waals surface area contributed by atoms with Gasteiger partial charge in [0.05, 0.1) is 0 Å². The molecule has 3 heterocycles. The number of nitrogens with zero attached hydrogens (tertiary/aromatic N) is 4. The minimum Gasteiger partial charge on any atom is -0.324 e. The average Bonchev–Trinajstić information content (AvgIpc) is 2.96. The van der Waals surface area contributed by atoms with Crippen molar-refractivity contribution in [2.24, 2.45) is 0 Å². The summed E-state index contributed by atoms with van der Waals surface area (Å²) in [6, 6.07) is 6.46. The van der Waals surface area contributed by atoms with Crippen molar-refractivity contribution >= 4 is 22.8 Å². The third-order valence-electron chi connectivity index (χ3n) is 5.54. The van der Waals surface area contributed by atoms with E-state index in [4.69, 9.17) is 0 Å². The molecule has 138 valence electrons. The second-order valence-electron chi connectivity index (χ2n) is 7.32. The molecule has 0 atom stereocenters. The number of pyridine rings is 1. The van der Waals surface area contributed by atoms with Crippen LogP contribution >= 0.6 is 0 Å². The number of carbonyl (C=O) groups excluding carboxylic acids is 1. The number of halogens is 1. The van der Waals surface area contributed by atoms with E-state index in [9.17, 15) is 9.18 Å². The van der Waals surface area contributed by atoms with Crippen molar-refractivity contribution in [1.29, 1.82) is 0 Å². The summed E-state index contributed by atoms with van der Waals surface area (Å²) >= 11 is 0. The maximum Gasteiger partial charge on any atom is 0.321 e. The lowest BCUT2D eigenvalue weighted by Crippen LogP contribution is -2.44. The number of anilines is 1. The third kappa shape index (κ3) is 2.93. The molecule has 0 spiro atoms. The van der Waals surface area contributed by atoms with Gasteiger partial charge in [-0.05, 0) is 55.0 Å². The Labute approximate surface area is 156 Å². The Morgan fingerprint density at radius 2 is 2.04 bits per heavy atom. The predicted molar refractivity (Wildman–Crippen MR) is 101 cm³/mol. The zero-order valence-corrected chi connectivity index (χ0v) is 14.9. The number of benzene rings is 1. The molecule has 2 amide bonds. The fraction of sp³-hybridized carbons (Fsp3) is 0.350. The first-order chi connectivity index (χ1) is 13.2. The van der Waals surface area contributed by atoms with Crippen molar-refractivity contribution in [2.75, 3.05) is 18.4 Å². The van der Waals surface area contributed by atoms with Gasteiger partial charge in [0.15, 0.2) is 5.65 Å². The highest BCUT2D eigenvalue weighted by molar-refractivity contribution is 5.90. The van der Waals surface area contributed by atoms with Crippen molar-refractivity contribution in [3.8, 4) is 5.69 Å². The van der Waals surface area contributed by atoms with Gasteiger partial charge in [0.1, 0.15) is 11.5 Å². The molecule has 1 saturated carbocycles. The summed E-state index contributed by atoms with van der Waals surface area (Å²) in [4.78, 5) is 18.3. The molecule has 3 aromatic rings. The molecule has 0 radical (unpaired) electrons. The van der Waals surface area contributed by atoms with Gasteiger partial charge in [0.25, 0.3) is 0 Å². The van der Waals surface area contributed by atoms with E-state index in [1.807, 2.05) is 6.20 Å². The molecule has 5 rings (SSSR count). The Morgan fingerprint density at radius 3 is 2.74 bits per heavy atom. The summed E-state index contributed by atoms with van der Waals surface area (Å²) in [7, 11) is 0. The summed E-state index contributed by atoms with van der Waals surface area (Å²) in [5.41, 5.74) is 2.66. The maximum atomic E-state index is 14.4. The van der Waals surface area contributed by atoms with Gasteiger partial charge in [-0.2, -0.15) is 0 Å². The predicted octanol–water partition coefficient (Wildman–Crippen LogP) is 4.06. The molecular formula is C20H20FN5O. The van der Waals surface area contributed by atoms with Crippen LogP contribution in [0.1, 0.15) is 37.2 Å². The van der Waals surface area contributed by atoms with Crippen LogP contribution in [0.4, 0.5) is 14.9 Å². The van der Waals surface area contributed by atoms with Crippen LogP contribution in [0.2, 0.25) is 0 Å². The molecule has 0 bridgehead atoms. The standard InChI is InChI=1S/C20H20FN5O/c21-17-6-5-16(23-20(27)25-7-2-8-25)10-18(17)26-12-15-9-14(13-3-1-4-13)11-22-19(15)24-26/h5-6,9-13H,1-4,7-8H2,(H,23,27). The lowest BCUT2D eigenvalue weighted by molar-refractivity contribution is 0.181. The first kappa shape index (κ1) is 16.2. The molecule has 0 unspecified atom stereocenters. The van der Waals surface area contributed by atoms with Crippen LogP contribution in [0.25, 0.3) is 16.7 Å². The van der Waals surface area contributed by atoms with E-state index in [2.05, 4.69) is 21.5 Å². The van der Waals surface area contributed by atoms with E-state index < -0.39 is 5.82 Å². The first-order valence-electron chi connectivity index (χ1n) is 9.38. The highest BCUT2D eigenvalue weighted by Crippen LogP contribution is 2.36. The van der Waals surface area contributed by atoms with Gasteiger partial charge < -0.3 is 10.2 Å². The molecule has 27 heavy (non-hydrogen) atoms. The number of amides is 2. The quantitative estimate of drug-likeness (QED) is 0.761. The van der Waals surface area contributed by atoms with E-state index in [0.29, 0.717) is 22.9 Å². The Balaban J connectivity index is 1.45. The van der Waals surface area contributed by atoms with Crippen LogP contribution in [-0.4, -0.2) is 38.8 Å². The molecule has 2 fully saturated rings. The van der Waals surface area contributed by atoms with Crippen LogP contribution in [0.3, 0.4) is 0 Å². The average molecular weight is 365 g/mol. The van der Waals surface area contributed by atoms with Crippen LogP contribution < -0.4 is 5.32 Å². The topological polar surface area (TPSA) is 63.1 Å². The number of carbonyl (C=O) groups is 1. The lowest BCUT2D eigenvalue weighted by atomic mass is 9.80. The maximum absolute atomic E-state index is 14.4. The summed E-state index contributed by atoms with van der Waals surface area (Å²) < 4.78 is 15.9. The van der Waals surface area contributed by atoms with Gasteiger partial charge in [0, 0.05) is 36.6 Å². The Kier molecular flexibility index (Phi) is 3.81. The fourth-order valence-corrected chi connectivity index (χ4v) is 3.51. The fourth-order valence-electron chi connectivity index (χ4n) is 3.51. The number of likely N-dealkylation sites (tertiary alicyclic amines) is 1. The van der Waals surface area contributed by atoms with Gasteiger partial charge in [0.2, 0.25) is 0 Å². The van der Waals surface area contributed by atoms with E-state index >= 15 is 0 Å². The molecule has 1 N–H and O–H groups in total. The van der Waals surface area contributed by atoms with Crippen molar-refractivity contribution in [2.45, 2.75) is 31.6 Å².